The summed E-state index contributed by atoms with van der Waals surface area (Å²) in [7, 11) is 0. The second-order valence-electron chi connectivity index (χ2n) is 6.08. The molecule has 2 amide bonds. The van der Waals surface area contributed by atoms with E-state index in [1.165, 1.54) is 0 Å². The van der Waals surface area contributed by atoms with Gasteiger partial charge in [-0.1, -0.05) is 6.07 Å². The molecule has 0 bridgehead atoms. The van der Waals surface area contributed by atoms with E-state index in [9.17, 15) is 9.59 Å². The zero-order valence-corrected chi connectivity index (χ0v) is 13.0. The molecule has 1 saturated carbocycles. The average Bonchev–Trinajstić information content (AvgIpc) is 3.38. The van der Waals surface area contributed by atoms with Crippen molar-refractivity contribution in [2.75, 3.05) is 16.8 Å². The first-order valence-corrected chi connectivity index (χ1v) is 8.00. The van der Waals surface area contributed by atoms with Crippen LogP contribution in [0.25, 0.3) is 0 Å². The minimum atomic E-state index is -0.387. The van der Waals surface area contributed by atoms with E-state index in [0.29, 0.717) is 17.9 Å². The first-order valence-electron chi connectivity index (χ1n) is 8.00. The molecule has 1 aromatic carbocycles. The maximum atomic E-state index is 12.2. The Kier molecular flexibility index (Phi) is 3.65. The van der Waals surface area contributed by atoms with Crippen LogP contribution in [0, 0.1) is 5.92 Å². The summed E-state index contributed by atoms with van der Waals surface area (Å²) >= 11 is 0. The molecule has 1 aromatic heterocycles. The number of rotatable bonds is 4. The fraction of sp³-hybridized carbons (Fsp3) is 0.278. The highest BCUT2D eigenvalue weighted by atomic mass is 16.6. The molecule has 6 nitrogen and oxygen atoms in total. The lowest BCUT2D eigenvalue weighted by molar-refractivity contribution is -0.117. The van der Waals surface area contributed by atoms with Crippen LogP contribution in [0.1, 0.15) is 24.5 Å². The number of hydrogen-bond acceptors (Lipinski definition) is 4. The first-order chi connectivity index (χ1) is 11.7. The third-order valence-electron chi connectivity index (χ3n) is 4.26. The normalized spacial score (nSPS) is 19.9. The number of nitrogens with zero attached hydrogens (tertiary/aromatic N) is 2. The van der Waals surface area contributed by atoms with Crippen LogP contribution < -0.4 is 10.2 Å². The van der Waals surface area contributed by atoms with E-state index in [0.717, 1.165) is 18.4 Å². The fourth-order valence-corrected chi connectivity index (χ4v) is 2.77. The number of carbonyl (C=O) groups is 2. The third kappa shape index (κ3) is 2.95. The van der Waals surface area contributed by atoms with Crippen LogP contribution in [0.2, 0.25) is 0 Å². The molecular weight excluding hydrogens is 306 g/mol. The van der Waals surface area contributed by atoms with Crippen LogP contribution in [0.4, 0.5) is 16.2 Å². The van der Waals surface area contributed by atoms with E-state index < -0.39 is 0 Å². The van der Waals surface area contributed by atoms with Gasteiger partial charge in [-0.2, -0.15) is 0 Å². The van der Waals surface area contributed by atoms with Crippen LogP contribution in [-0.2, 0) is 9.53 Å². The number of benzene rings is 1. The number of carbonyl (C=O) groups excluding carboxylic acids is 2. The molecule has 122 valence electrons. The molecule has 0 spiro atoms. The van der Waals surface area contributed by atoms with E-state index in [2.05, 4.69) is 10.3 Å². The lowest BCUT2D eigenvalue weighted by Crippen LogP contribution is -2.23. The van der Waals surface area contributed by atoms with Crippen molar-refractivity contribution < 1.29 is 14.3 Å². The predicted molar refractivity (Wildman–Crippen MR) is 88.6 cm³/mol. The molecule has 1 N–H and O–H groups in total. The van der Waals surface area contributed by atoms with Gasteiger partial charge in [0.25, 0.3) is 0 Å². The summed E-state index contributed by atoms with van der Waals surface area (Å²) in [5, 5.41) is 2.90. The van der Waals surface area contributed by atoms with Crippen molar-refractivity contribution in [2.45, 2.75) is 18.9 Å². The molecule has 1 saturated heterocycles. The Morgan fingerprint density at radius 1 is 1.21 bits per heavy atom. The molecule has 1 unspecified atom stereocenters. The van der Waals surface area contributed by atoms with Crippen LogP contribution in [0.3, 0.4) is 0 Å². The molecule has 2 aliphatic rings. The molecule has 2 fully saturated rings. The lowest BCUT2D eigenvalue weighted by Gasteiger charge is -2.14. The second kappa shape index (κ2) is 5.96. The highest BCUT2D eigenvalue weighted by molar-refractivity contribution is 5.95. The van der Waals surface area contributed by atoms with Crippen LogP contribution in [0.15, 0.2) is 48.8 Å². The SMILES string of the molecule is O=C(Nc1cccc(N2CC(c3ccncc3)OC2=O)c1)C1CC1. The molecule has 6 heteroatoms. The first kappa shape index (κ1) is 14.7. The molecule has 1 aliphatic carbocycles. The van der Waals surface area contributed by atoms with Crippen molar-refractivity contribution in [2.24, 2.45) is 5.92 Å². The van der Waals surface area contributed by atoms with Gasteiger partial charge in [0, 0.05) is 29.7 Å². The summed E-state index contributed by atoms with van der Waals surface area (Å²) in [6.07, 6.45) is 4.57. The number of hydrogen-bond donors (Lipinski definition) is 1. The number of nitrogens with one attached hydrogen (secondary N) is 1. The number of anilines is 2. The molecule has 1 atom stereocenters. The zero-order chi connectivity index (χ0) is 16.5. The molecule has 2 heterocycles. The molecule has 4 rings (SSSR count). The van der Waals surface area contributed by atoms with Gasteiger partial charge in [0.1, 0.15) is 6.10 Å². The average molecular weight is 323 g/mol. The molecule has 1 aliphatic heterocycles. The predicted octanol–water partition coefficient (Wildman–Crippen LogP) is 3.13. The van der Waals surface area contributed by atoms with Gasteiger partial charge in [0.05, 0.1) is 6.54 Å². The number of aromatic nitrogens is 1. The zero-order valence-electron chi connectivity index (χ0n) is 13.0. The van der Waals surface area contributed by atoms with Crippen LogP contribution >= 0.6 is 0 Å². The topological polar surface area (TPSA) is 71.5 Å². The Morgan fingerprint density at radius 2 is 2.00 bits per heavy atom. The maximum absolute atomic E-state index is 12.2. The van der Waals surface area contributed by atoms with E-state index in [-0.39, 0.29) is 24.0 Å². The standard InChI is InChI=1S/C18H17N3O3/c22-17(13-4-5-13)20-14-2-1-3-15(10-14)21-11-16(24-18(21)23)12-6-8-19-9-7-12/h1-3,6-10,13,16H,4-5,11H2,(H,20,22). The molecular formula is C18H17N3O3. The van der Waals surface area contributed by atoms with Gasteiger partial charge in [-0.05, 0) is 48.7 Å². The Labute approximate surface area is 139 Å². The summed E-state index contributed by atoms with van der Waals surface area (Å²) in [4.78, 5) is 29.7. The van der Waals surface area contributed by atoms with Crippen molar-refractivity contribution >= 4 is 23.4 Å². The molecule has 2 aromatic rings. The number of amides is 2. The van der Waals surface area contributed by atoms with E-state index in [4.69, 9.17) is 4.74 Å². The summed E-state index contributed by atoms with van der Waals surface area (Å²) in [6, 6.07) is 11.0. The van der Waals surface area contributed by atoms with Gasteiger partial charge in [-0.15, -0.1) is 0 Å². The molecule has 24 heavy (non-hydrogen) atoms. The fourth-order valence-electron chi connectivity index (χ4n) is 2.77. The smallest absolute Gasteiger partial charge is 0.415 e. The van der Waals surface area contributed by atoms with Crippen molar-refractivity contribution in [3.63, 3.8) is 0 Å². The van der Waals surface area contributed by atoms with Gasteiger partial charge in [-0.3, -0.25) is 14.7 Å². The minimum absolute atomic E-state index is 0.0470. The summed E-state index contributed by atoms with van der Waals surface area (Å²) in [5.41, 5.74) is 2.33. The Hall–Kier alpha value is -2.89. The monoisotopic (exact) mass is 323 g/mol. The summed E-state index contributed by atoms with van der Waals surface area (Å²) in [6.45, 7) is 0.433. The largest absolute Gasteiger partial charge is 0.439 e. The van der Waals surface area contributed by atoms with Crippen molar-refractivity contribution in [1.29, 1.82) is 0 Å². The van der Waals surface area contributed by atoms with Crippen molar-refractivity contribution in [3.8, 4) is 0 Å². The number of pyridine rings is 1. The second-order valence-corrected chi connectivity index (χ2v) is 6.08. The van der Waals surface area contributed by atoms with E-state index in [1.54, 1.807) is 23.4 Å². The Balaban J connectivity index is 1.51. The van der Waals surface area contributed by atoms with Crippen LogP contribution in [-0.4, -0.2) is 23.5 Å². The summed E-state index contributed by atoms with van der Waals surface area (Å²) in [5.74, 6) is 0.187. The highest BCUT2D eigenvalue weighted by Gasteiger charge is 2.34. The lowest BCUT2D eigenvalue weighted by atomic mass is 10.1. The maximum Gasteiger partial charge on any atom is 0.415 e. The van der Waals surface area contributed by atoms with E-state index >= 15 is 0 Å². The van der Waals surface area contributed by atoms with Gasteiger partial charge >= 0.3 is 6.09 Å². The Bertz CT molecular complexity index is 774. The van der Waals surface area contributed by atoms with Gasteiger partial charge in [0.2, 0.25) is 5.91 Å². The third-order valence-corrected chi connectivity index (χ3v) is 4.26. The Morgan fingerprint density at radius 3 is 2.75 bits per heavy atom. The van der Waals surface area contributed by atoms with Gasteiger partial charge in [-0.25, -0.2) is 4.79 Å². The van der Waals surface area contributed by atoms with Crippen molar-refractivity contribution in [3.05, 3.63) is 54.4 Å². The van der Waals surface area contributed by atoms with Crippen LogP contribution in [0.5, 0.6) is 0 Å². The highest BCUT2D eigenvalue weighted by Crippen LogP contribution is 2.33. The number of ether oxygens (including phenoxy) is 1. The molecule has 0 radical (unpaired) electrons. The quantitative estimate of drug-likeness (QED) is 0.938. The van der Waals surface area contributed by atoms with E-state index in [1.807, 2.05) is 30.3 Å². The summed E-state index contributed by atoms with van der Waals surface area (Å²) < 4.78 is 5.46. The van der Waals surface area contributed by atoms with Crippen molar-refractivity contribution in [1.82, 2.24) is 4.98 Å². The minimum Gasteiger partial charge on any atom is -0.439 e. The van der Waals surface area contributed by atoms with Gasteiger partial charge < -0.3 is 10.1 Å². The van der Waals surface area contributed by atoms with Gasteiger partial charge in [0.15, 0.2) is 0 Å². The number of cyclic esters (lactones) is 1.